The molecule has 1 saturated heterocycles. The monoisotopic (exact) mass is 216 g/mol. The van der Waals surface area contributed by atoms with Gasteiger partial charge in [-0.3, -0.25) is 4.79 Å². The molecule has 78 valence electrons. The Morgan fingerprint density at radius 1 is 1.57 bits per heavy atom. The van der Waals surface area contributed by atoms with Crippen LogP contribution in [0.1, 0.15) is 27.2 Å². The first kappa shape index (κ1) is 10.1. The van der Waals surface area contributed by atoms with Crippen LogP contribution in [0, 0.1) is 0 Å². The van der Waals surface area contributed by atoms with Gasteiger partial charge in [-0.15, -0.1) is 0 Å². The number of Topliss-reactive ketones (excluding diaryl/α,β-unsaturated/α-hetero) is 1. The van der Waals surface area contributed by atoms with Gasteiger partial charge in [0.05, 0.1) is 11.1 Å². The molecule has 0 bridgehead atoms. The van der Waals surface area contributed by atoms with Gasteiger partial charge < -0.3 is 9.47 Å². The highest BCUT2D eigenvalue weighted by atomic mass is 35.5. The molecule has 0 saturated carbocycles. The summed E-state index contributed by atoms with van der Waals surface area (Å²) in [6.07, 6.45) is 1.82. The van der Waals surface area contributed by atoms with Crippen molar-refractivity contribution < 1.29 is 14.3 Å². The molecule has 1 aliphatic heterocycles. The van der Waals surface area contributed by atoms with E-state index in [9.17, 15) is 4.79 Å². The molecule has 2 aliphatic rings. The molecule has 4 heteroatoms. The van der Waals surface area contributed by atoms with Crippen LogP contribution in [-0.2, 0) is 14.3 Å². The summed E-state index contributed by atoms with van der Waals surface area (Å²) < 4.78 is 11.4. The number of ether oxygens (including phenoxy) is 2. The Kier molecular flexibility index (Phi) is 2.04. The number of rotatable bonds is 0. The van der Waals surface area contributed by atoms with Crippen LogP contribution < -0.4 is 0 Å². The van der Waals surface area contributed by atoms with E-state index in [1.54, 1.807) is 6.08 Å². The molecule has 0 N–H and O–H groups in total. The number of hydrogen-bond acceptors (Lipinski definition) is 3. The molecule has 2 atom stereocenters. The quantitative estimate of drug-likeness (QED) is 0.621. The smallest absolute Gasteiger partial charge is 0.177 e. The highest BCUT2D eigenvalue weighted by Crippen LogP contribution is 2.44. The van der Waals surface area contributed by atoms with E-state index in [1.165, 1.54) is 0 Å². The van der Waals surface area contributed by atoms with Crippen molar-refractivity contribution in [2.45, 2.75) is 44.7 Å². The Balaban J connectivity index is 2.32. The Labute approximate surface area is 88.0 Å². The number of carbonyl (C=O) groups is 1. The van der Waals surface area contributed by atoms with Gasteiger partial charge in [-0.2, -0.15) is 0 Å². The van der Waals surface area contributed by atoms with Crippen LogP contribution in [-0.4, -0.2) is 23.3 Å². The van der Waals surface area contributed by atoms with E-state index in [0.717, 1.165) is 0 Å². The van der Waals surface area contributed by atoms with Crippen molar-refractivity contribution in [3.05, 3.63) is 11.1 Å². The molecule has 0 aromatic carbocycles. The number of halogens is 1. The van der Waals surface area contributed by atoms with Crippen LogP contribution in [0.25, 0.3) is 0 Å². The van der Waals surface area contributed by atoms with Crippen LogP contribution >= 0.6 is 11.6 Å². The van der Waals surface area contributed by atoms with Crippen LogP contribution in [0.3, 0.4) is 0 Å². The van der Waals surface area contributed by atoms with Crippen molar-refractivity contribution in [1.82, 2.24) is 0 Å². The second kappa shape index (κ2) is 2.81. The third-order valence-corrected chi connectivity index (χ3v) is 2.98. The summed E-state index contributed by atoms with van der Waals surface area (Å²) in [5.41, 5.74) is -0.641. The largest absolute Gasteiger partial charge is 0.344 e. The van der Waals surface area contributed by atoms with Crippen molar-refractivity contribution >= 4 is 17.4 Å². The zero-order valence-electron chi connectivity index (χ0n) is 8.46. The maximum absolute atomic E-state index is 11.4. The Morgan fingerprint density at radius 2 is 2.21 bits per heavy atom. The minimum atomic E-state index is -0.641. The van der Waals surface area contributed by atoms with Crippen molar-refractivity contribution in [3.63, 3.8) is 0 Å². The van der Waals surface area contributed by atoms with Crippen LogP contribution in [0.5, 0.6) is 0 Å². The first-order valence-corrected chi connectivity index (χ1v) is 5.02. The molecular weight excluding hydrogens is 204 g/mol. The van der Waals surface area contributed by atoms with Crippen molar-refractivity contribution in [2.75, 3.05) is 0 Å². The van der Waals surface area contributed by atoms with Gasteiger partial charge in [0, 0.05) is 6.42 Å². The van der Waals surface area contributed by atoms with Gasteiger partial charge in [-0.05, 0) is 26.8 Å². The van der Waals surface area contributed by atoms with E-state index < -0.39 is 11.4 Å². The lowest BCUT2D eigenvalue weighted by Crippen LogP contribution is -2.35. The number of ketones is 1. The van der Waals surface area contributed by atoms with Crippen LogP contribution in [0.2, 0.25) is 0 Å². The number of carbonyl (C=O) groups excluding carboxylic acids is 1. The summed E-state index contributed by atoms with van der Waals surface area (Å²) in [7, 11) is 0. The minimum absolute atomic E-state index is 0.0696. The van der Waals surface area contributed by atoms with Crippen molar-refractivity contribution in [3.8, 4) is 0 Å². The molecule has 0 radical (unpaired) electrons. The normalized spacial score (nSPS) is 40.7. The number of allylic oxidation sites excluding steroid dienone is 1. The molecule has 1 aliphatic carbocycles. The van der Waals surface area contributed by atoms with E-state index in [4.69, 9.17) is 21.1 Å². The third-order valence-electron chi connectivity index (χ3n) is 2.66. The molecule has 0 unspecified atom stereocenters. The molecule has 0 aromatic heterocycles. The van der Waals surface area contributed by atoms with Gasteiger partial charge in [0.1, 0.15) is 5.60 Å². The van der Waals surface area contributed by atoms with Crippen LogP contribution in [0.4, 0.5) is 0 Å². The topological polar surface area (TPSA) is 35.5 Å². The summed E-state index contributed by atoms with van der Waals surface area (Å²) >= 11 is 5.77. The Hall–Kier alpha value is -0.380. The van der Waals surface area contributed by atoms with Crippen molar-refractivity contribution in [1.29, 1.82) is 0 Å². The van der Waals surface area contributed by atoms with Gasteiger partial charge in [0.15, 0.2) is 11.6 Å². The van der Waals surface area contributed by atoms with E-state index in [-0.39, 0.29) is 23.3 Å². The van der Waals surface area contributed by atoms with Gasteiger partial charge in [0.2, 0.25) is 0 Å². The molecule has 1 fully saturated rings. The summed E-state index contributed by atoms with van der Waals surface area (Å²) in [4.78, 5) is 11.4. The zero-order chi connectivity index (χ0) is 10.6. The predicted octanol–water partition coefficient (Wildman–Crippen LogP) is 1.99. The van der Waals surface area contributed by atoms with E-state index in [0.29, 0.717) is 0 Å². The molecule has 1 spiro atoms. The molecule has 14 heavy (non-hydrogen) atoms. The van der Waals surface area contributed by atoms with Gasteiger partial charge in [-0.1, -0.05) is 11.6 Å². The van der Waals surface area contributed by atoms with Gasteiger partial charge >= 0.3 is 0 Å². The lowest BCUT2D eigenvalue weighted by Gasteiger charge is -2.23. The Bertz CT molecular complexity index is 321. The van der Waals surface area contributed by atoms with Gasteiger partial charge in [0.25, 0.3) is 0 Å². The maximum Gasteiger partial charge on any atom is 0.177 e. The summed E-state index contributed by atoms with van der Waals surface area (Å²) in [6.45, 7) is 5.57. The van der Waals surface area contributed by atoms with Gasteiger partial charge in [-0.25, -0.2) is 0 Å². The maximum atomic E-state index is 11.4. The fourth-order valence-electron chi connectivity index (χ4n) is 2.10. The molecular formula is C10H13ClO3. The second-order valence-electron chi connectivity index (χ2n) is 4.31. The summed E-state index contributed by atoms with van der Waals surface area (Å²) in [5.74, 6) is -0.711. The third kappa shape index (κ3) is 1.40. The fraction of sp³-hybridized carbons (Fsp3) is 0.700. The lowest BCUT2D eigenvalue weighted by atomic mass is 9.97. The average Bonchev–Trinajstić information content (AvgIpc) is 2.35. The first-order chi connectivity index (χ1) is 6.35. The molecule has 3 nitrogen and oxygen atoms in total. The number of hydrogen-bond donors (Lipinski definition) is 0. The SMILES string of the molecule is C[C@H]1OC(C)(C)O[C@@]12C=C(Cl)C(=O)C2. The Morgan fingerprint density at radius 3 is 2.57 bits per heavy atom. The van der Waals surface area contributed by atoms with E-state index in [2.05, 4.69) is 0 Å². The predicted molar refractivity (Wildman–Crippen MR) is 52.0 cm³/mol. The summed E-state index contributed by atoms with van der Waals surface area (Å²) in [5, 5.41) is 0.262. The lowest BCUT2D eigenvalue weighted by molar-refractivity contribution is -0.155. The van der Waals surface area contributed by atoms with E-state index in [1.807, 2.05) is 20.8 Å². The molecule has 1 heterocycles. The second-order valence-corrected chi connectivity index (χ2v) is 4.72. The summed E-state index contributed by atoms with van der Waals surface area (Å²) in [6, 6.07) is 0. The molecule has 0 aromatic rings. The molecule has 0 amide bonds. The highest BCUT2D eigenvalue weighted by molar-refractivity contribution is 6.43. The van der Waals surface area contributed by atoms with Crippen LogP contribution in [0.15, 0.2) is 11.1 Å². The van der Waals surface area contributed by atoms with E-state index >= 15 is 0 Å². The first-order valence-electron chi connectivity index (χ1n) is 4.64. The minimum Gasteiger partial charge on any atom is -0.344 e. The fourth-order valence-corrected chi connectivity index (χ4v) is 2.35. The zero-order valence-corrected chi connectivity index (χ0v) is 9.22. The average molecular weight is 217 g/mol. The molecule has 2 rings (SSSR count). The standard InChI is InChI=1S/C10H13ClO3/c1-6-10(14-9(2,3)13-6)4-7(11)8(12)5-10/h4,6H,5H2,1-3H3/t6-,10-/m1/s1. The van der Waals surface area contributed by atoms with Crippen molar-refractivity contribution in [2.24, 2.45) is 0 Å². The highest BCUT2D eigenvalue weighted by Gasteiger charge is 2.53.